The van der Waals surface area contributed by atoms with Gasteiger partial charge in [-0.15, -0.1) is 0 Å². The molecule has 3 nitrogen and oxygen atoms in total. The van der Waals surface area contributed by atoms with Gasteiger partial charge in [-0.25, -0.2) is 0 Å². The fourth-order valence-corrected chi connectivity index (χ4v) is 3.29. The molecule has 2 rings (SSSR count). The maximum Gasteiger partial charge on any atom is 0.387 e. The molecule has 0 saturated carbocycles. The zero-order valence-electron chi connectivity index (χ0n) is 12.9. The van der Waals surface area contributed by atoms with Crippen LogP contribution in [0.15, 0.2) is 24.3 Å². The van der Waals surface area contributed by atoms with E-state index in [9.17, 15) is 8.78 Å². The van der Waals surface area contributed by atoms with E-state index in [0.717, 1.165) is 12.0 Å². The predicted molar refractivity (Wildman–Crippen MR) is 77.4 cm³/mol. The average Bonchev–Trinajstić information content (AvgIpc) is 2.56. The van der Waals surface area contributed by atoms with Crippen molar-refractivity contribution in [2.45, 2.75) is 58.0 Å². The third kappa shape index (κ3) is 3.71. The average molecular weight is 299 g/mol. The van der Waals surface area contributed by atoms with Crippen LogP contribution >= 0.6 is 0 Å². The molecule has 0 bridgehead atoms. The summed E-state index contributed by atoms with van der Waals surface area (Å²) < 4.78 is 35.1. The van der Waals surface area contributed by atoms with E-state index in [2.05, 4.69) is 4.74 Å². The van der Waals surface area contributed by atoms with Crippen LogP contribution in [0.5, 0.6) is 5.75 Å². The first-order valence-corrected chi connectivity index (χ1v) is 7.11. The molecular formula is C16H23F2NO2. The lowest BCUT2D eigenvalue weighted by Gasteiger charge is -2.31. The highest BCUT2D eigenvalue weighted by Gasteiger charge is 2.48. The van der Waals surface area contributed by atoms with Gasteiger partial charge < -0.3 is 15.2 Å². The first kappa shape index (κ1) is 16.2. The van der Waals surface area contributed by atoms with Gasteiger partial charge in [0.05, 0.1) is 11.2 Å². The Balaban J connectivity index is 2.22. The third-order valence-electron chi connectivity index (χ3n) is 4.05. The third-order valence-corrected chi connectivity index (χ3v) is 4.05. The Morgan fingerprint density at radius 2 is 1.95 bits per heavy atom. The van der Waals surface area contributed by atoms with Crippen LogP contribution in [0.4, 0.5) is 8.78 Å². The van der Waals surface area contributed by atoms with Crippen molar-refractivity contribution in [2.24, 2.45) is 11.7 Å². The van der Waals surface area contributed by atoms with Crippen LogP contribution in [0.25, 0.3) is 0 Å². The second kappa shape index (κ2) is 5.54. The van der Waals surface area contributed by atoms with E-state index in [1.54, 1.807) is 12.1 Å². The summed E-state index contributed by atoms with van der Waals surface area (Å²) >= 11 is 0. The number of benzene rings is 1. The van der Waals surface area contributed by atoms with Crippen molar-refractivity contribution in [1.29, 1.82) is 0 Å². The van der Waals surface area contributed by atoms with Crippen LogP contribution in [0.3, 0.4) is 0 Å². The van der Waals surface area contributed by atoms with Crippen molar-refractivity contribution in [1.82, 2.24) is 0 Å². The molecule has 2 atom stereocenters. The number of halogens is 2. The van der Waals surface area contributed by atoms with Gasteiger partial charge in [0.25, 0.3) is 0 Å². The maximum atomic E-state index is 12.3. The normalized spacial score (nSPS) is 25.0. The number of nitrogens with two attached hydrogens (primary N) is 1. The SMILES string of the molecule is CC1(C)CC(C(N)c2cccc(OC(F)F)c2)C(C)(C)O1. The summed E-state index contributed by atoms with van der Waals surface area (Å²) in [4.78, 5) is 0. The molecule has 21 heavy (non-hydrogen) atoms. The van der Waals surface area contributed by atoms with Gasteiger partial charge >= 0.3 is 6.61 Å². The van der Waals surface area contributed by atoms with Crippen LogP contribution in [-0.2, 0) is 4.74 Å². The van der Waals surface area contributed by atoms with Crippen molar-refractivity contribution in [2.75, 3.05) is 0 Å². The summed E-state index contributed by atoms with van der Waals surface area (Å²) in [6.45, 7) is 5.29. The molecular weight excluding hydrogens is 276 g/mol. The minimum absolute atomic E-state index is 0.106. The van der Waals surface area contributed by atoms with E-state index in [1.165, 1.54) is 6.07 Å². The van der Waals surface area contributed by atoms with Crippen LogP contribution in [-0.4, -0.2) is 17.8 Å². The highest BCUT2D eigenvalue weighted by atomic mass is 19.3. The van der Waals surface area contributed by atoms with E-state index in [4.69, 9.17) is 10.5 Å². The number of hydrogen-bond acceptors (Lipinski definition) is 3. The molecule has 1 heterocycles. The minimum Gasteiger partial charge on any atom is -0.435 e. The largest absolute Gasteiger partial charge is 0.435 e. The molecule has 1 saturated heterocycles. The number of ether oxygens (including phenoxy) is 2. The zero-order chi connectivity index (χ0) is 15.8. The van der Waals surface area contributed by atoms with Crippen molar-refractivity contribution in [3.05, 3.63) is 29.8 Å². The summed E-state index contributed by atoms with van der Waals surface area (Å²) in [6.07, 6.45) is 0.821. The summed E-state index contributed by atoms with van der Waals surface area (Å²) in [5.41, 5.74) is 6.57. The van der Waals surface area contributed by atoms with Gasteiger partial charge in [-0.3, -0.25) is 0 Å². The molecule has 0 amide bonds. The highest BCUT2D eigenvalue weighted by Crippen LogP contribution is 2.47. The molecule has 1 aromatic carbocycles. The number of hydrogen-bond donors (Lipinski definition) is 1. The van der Waals surface area contributed by atoms with E-state index in [0.29, 0.717) is 0 Å². The summed E-state index contributed by atoms with van der Waals surface area (Å²) in [7, 11) is 0. The van der Waals surface area contributed by atoms with Gasteiger partial charge in [0.2, 0.25) is 0 Å². The summed E-state index contributed by atoms with van der Waals surface area (Å²) in [5.74, 6) is 0.239. The Labute approximate surface area is 124 Å². The zero-order valence-corrected chi connectivity index (χ0v) is 12.9. The molecule has 5 heteroatoms. The fourth-order valence-electron chi connectivity index (χ4n) is 3.29. The van der Waals surface area contributed by atoms with Crippen LogP contribution in [0.2, 0.25) is 0 Å². The topological polar surface area (TPSA) is 44.5 Å². The lowest BCUT2D eigenvalue weighted by Crippen LogP contribution is -2.35. The van der Waals surface area contributed by atoms with Gasteiger partial charge in [-0.05, 0) is 51.8 Å². The second-order valence-electron chi connectivity index (χ2n) is 6.75. The van der Waals surface area contributed by atoms with E-state index in [1.807, 2.05) is 33.8 Å². The monoisotopic (exact) mass is 299 g/mol. The lowest BCUT2D eigenvalue weighted by atomic mass is 9.79. The number of alkyl halides is 2. The number of rotatable bonds is 4. The van der Waals surface area contributed by atoms with Crippen LogP contribution in [0.1, 0.15) is 45.7 Å². The summed E-state index contributed by atoms with van der Waals surface area (Å²) in [6, 6.07) is 6.31. The Hall–Kier alpha value is -1.20. The molecule has 1 aromatic rings. The molecule has 1 fully saturated rings. The quantitative estimate of drug-likeness (QED) is 0.917. The molecule has 1 aliphatic rings. The Kier molecular flexibility index (Phi) is 4.26. The predicted octanol–water partition coefficient (Wildman–Crippen LogP) is 3.88. The van der Waals surface area contributed by atoms with Gasteiger partial charge in [0.15, 0.2) is 0 Å². The Bertz CT molecular complexity index is 503. The van der Waals surface area contributed by atoms with Crippen molar-refractivity contribution < 1.29 is 18.3 Å². The van der Waals surface area contributed by atoms with Gasteiger partial charge in [-0.2, -0.15) is 8.78 Å². The Morgan fingerprint density at radius 1 is 1.29 bits per heavy atom. The van der Waals surface area contributed by atoms with Crippen molar-refractivity contribution in [3.63, 3.8) is 0 Å². The standard InChI is InChI=1S/C16H23F2NO2/c1-15(2)9-12(16(3,4)21-15)13(19)10-6-5-7-11(8-10)20-14(17)18/h5-8,12-14H,9,19H2,1-4H3. The highest BCUT2D eigenvalue weighted by molar-refractivity contribution is 5.31. The van der Waals surface area contributed by atoms with Gasteiger partial charge in [-0.1, -0.05) is 12.1 Å². The minimum atomic E-state index is -2.83. The van der Waals surface area contributed by atoms with Crippen LogP contribution < -0.4 is 10.5 Å². The first-order valence-electron chi connectivity index (χ1n) is 7.11. The first-order chi connectivity index (χ1) is 9.61. The van der Waals surface area contributed by atoms with Crippen molar-refractivity contribution in [3.8, 4) is 5.75 Å². The summed E-state index contributed by atoms with van der Waals surface area (Å²) in [5, 5.41) is 0. The Morgan fingerprint density at radius 3 is 2.48 bits per heavy atom. The lowest BCUT2D eigenvalue weighted by molar-refractivity contribution is -0.0768. The van der Waals surface area contributed by atoms with Gasteiger partial charge in [0, 0.05) is 12.0 Å². The fraction of sp³-hybridized carbons (Fsp3) is 0.625. The van der Waals surface area contributed by atoms with Crippen molar-refractivity contribution >= 4 is 0 Å². The van der Waals surface area contributed by atoms with E-state index in [-0.39, 0.29) is 28.9 Å². The smallest absolute Gasteiger partial charge is 0.387 e. The molecule has 0 aliphatic carbocycles. The maximum absolute atomic E-state index is 12.3. The molecule has 0 spiro atoms. The van der Waals surface area contributed by atoms with E-state index < -0.39 is 6.61 Å². The molecule has 0 aromatic heterocycles. The van der Waals surface area contributed by atoms with Crippen LogP contribution in [0, 0.1) is 5.92 Å². The molecule has 2 unspecified atom stereocenters. The molecule has 1 aliphatic heterocycles. The van der Waals surface area contributed by atoms with E-state index >= 15 is 0 Å². The molecule has 0 radical (unpaired) electrons. The van der Waals surface area contributed by atoms with Gasteiger partial charge in [0.1, 0.15) is 5.75 Å². The molecule has 2 N–H and O–H groups in total. The molecule has 118 valence electrons. The second-order valence-corrected chi connectivity index (χ2v) is 6.75.